The summed E-state index contributed by atoms with van der Waals surface area (Å²) in [5, 5.41) is 20.8. The highest BCUT2D eigenvalue weighted by Crippen LogP contribution is 2.48. The van der Waals surface area contributed by atoms with Crippen LogP contribution in [0.5, 0.6) is 0 Å². The SMILES string of the molecule is Cc1c(C(=O)C(=O)CC2(CO)CC2)cc(C(=O)Nc2ccc(F)c(C#N)c2)n1C. The molecule has 1 aromatic carbocycles. The third-order valence-corrected chi connectivity index (χ3v) is 5.44. The summed E-state index contributed by atoms with van der Waals surface area (Å²) < 4.78 is 14.9. The van der Waals surface area contributed by atoms with Gasteiger partial charge in [0.15, 0.2) is 0 Å². The molecule has 1 aliphatic carbocycles. The molecule has 3 rings (SSSR count). The lowest BCUT2D eigenvalue weighted by Gasteiger charge is -2.09. The highest BCUT2D eigenvalue weighted by molar-refractivity contribution is 6.44. The van der Waals surface area contributed by atoms with Crippen molar-refractivity contribution in [3.63, 3.8) is 0 Å². The fraction of sp³-hybridized carbons (Fsp3) is 0.333. The predicted octanol–water partition coefficient (Wildman–Crippen LogP) is 2.51. The van der Waals surface area contributed by atoms with Gasteiger partial charge in [-0.2, -0.15) is 5.26 Å². The summed E-state index contributed by atoms with van der Waals surface area (Å²) in [6.45, 7) is 1.50. The quantitative estimate of drug-likeness (QED) is 0.551. The normalized spacial score (nSPS) is 14.2. The zero-order chi connectivity index (χ0) is 21.3. The Morgan fingerprint density at radius 2 is 2.00 bits per heavy atom. The molecule has 2 N–H and O–H groups in total. The lowest BCUT2D eigenvalue weighted by Crippen LogP contribution is -2.21. The Morgan fingerprint density at radius 1 is 1.31 bits per heavy atom. The number of nitrogens with zero attached hydrogens (tertiary/aromatic N) is 2. The van der Waals surface area contributed by atoms with Crippen LogP contribution in [-0.4, -0.2) is 33.8 Å². The van der Waals surface area contributed by atoms with E-state index in [1.54, 1.807) is 20.0 Å². The average molecular weight is 397 g/mol. The first kappa shape index (κ1) is 20.4. The molecule has 0 bridgehead atoms. The van der Waals surface area contributed by atoms with E-state index in [0.29, 0.717) is 18.5 Å². The molecule has 150 valence electrons. The Balaban J connectivity index is 1.81. The molecule has 7 nitrogen and oxygen atoms in total. The molecule has 8 heteroatoms. The molecule has 1 heterocycles. The number of aliphatic hydroxyl groups excluding tert-OH is 1. The van der Waals surface area contributed by atoms with Crippen molar-refractivity contribution in [2.24, 2.45) is 12.5 Å². The summed E-state index contributed by atoms with van der Waals surface area (Å²) in [6, 6.07) is 6.65. The Morgan fingerprint density at radius 3 is 2.59 bits per heavy atom. The second-order valence-electron chi connectivity index (χ2n) is 7.44. The number of anilines is 1. The van der Waals surface area contributed by atoms with Crippen molar-refractivity contribution in [2.45, 2.75) is 26.2 Å². The van der Waals surface area contributed by atoms with E-state index >= 15 is 0 Å². The number of ketones is 2. The number of carbonyl (C=O) groups excluding carboxylic acids is 3. The van der Waals surface area contributed by atoms with Crippen LogP contribution in [0.2, 0.25) is 0 Å². The van der Waals surface area contributed by atoms with Crippen LogP contribution in [0.1, 0.15) is 51.4 Å². The van der Waals surface area contributed by atoms with E-state index in [2.05, 4.69) is 5.32 Å². The van der Waals surface area contributed by atoms with Gasteiger partial charge in [-0.25, -0.2) is 4.39 Å². The molecule has 1 aromatic heterocycles. The van der Waals surface area contributed by atoms with E-state index in [4.69, 9.17) is 5.26 Å². The second-order valence-corrected chi connectivity index (χ2v) is 7.44. The molecule has 1 fully saturated rings. The second kappa shape index (κ2) is 7.60. The number of hydrogen-bond donors (Lipinski definition) is 2. The number of benzene rings is 1. The van der Waals surface area contributed by atoms with Crippen molar-refractivity contribution in [2.75, 3.05) is 11.9 Å². The number of nitrogens with one attached hydrogen (secondary N) is 1. The van der Waals surface area contributed by atoms with Crippen LogP contribution in [0, 0.1) is 29.5 Å². The van der Waals surface area contributed by atoms with Crippen molar-refractivity contribution in [3.05, 3.63) is 52.6 Å². The molecule has 0 radical (unpaired) electrons. The fourth-order valence-electron chi connectivity index (χ4n) is 3.17. The van der Waals surface area contributed by atoms with Crippen LogP contribution >= 0.6 is 0 Å². The average Bonchev–Trinajstić information content (AvgIpc) is 3.41. The fourth-order valence-corrected chi connectivity index (χ4v) is 3.17. The molecule has 1 aliphatic rings. The van der Waals surface area contributed by atoms with Crippen molar-refractivity contribution >= 4 is 23.2 Å². The van der Waals surface area contributed by atoms with E-state index in [9.17, 15) is 23.9 Å². The molecule has 2 aromatic rings. The van der Waals surface area contributed by atoms with Crippen molar-refractivity contribution in [1.82, 2.24) is 4.57 Å². The highest BCUT2D eigenvalue weighted by Gasteiger charge is 2.45. The number of nitriles is 1. The molecule has 0 unspecified atom stereocenters. The smallest absolute Gasteiger partial charge is 0.272 e. The van der Waals surface area contributed by atoms with Crippen molar-refractivity contribution < 1.29 is 23.9 Å². The first-order valence-corrected chi connectivity index (χ1v) is 9.07. The summed E-state index contributed by atoms with van der Waals surface area (Å²) >= 11 is 0. The van der Waals surface area contributed by atoms with Crippen LogP contribution < -0.4 is 5.32 Å². The number of aliphatic hydroxyl groups is 1. The topological polar surface area (TPSA) is 112 Å². The number of Topliss-reactive ketones (excluding diaryl/α,β-unsaturated/α-hetero) is 2. The van der Waals surface area contributed by atoms with Gasteiger partial charge in [-0.05, 0) is 44.0 Å². The predicted molar refractivity (Wildman–Crippen MR) is 102 cm³/mol. The highest BCUT2D eigenvalue weighted by atomic mass is 19.1. The summed E-state index contributed by atoms with van der Waals surface area (Å²) in [7, 11) is 1.59. The molecule has 29 heavy (non-hydrogen) atoms. The van der Waals surface area contributed by atoms with Gasteiger partial charge in [-0.15, -0.1) is 0 Å². The van der Waals surface area contributed by atoms with Gasteiger partial charge >= 0.3 is 0 Å². The van der Waals surface area contributed by atoms with Gasteiger partial charge in [-0.3, -0.25) is 14.4 Å². The monoisotopic (exact) mass is 397 g/mol. The molecule has 1 amide bonds. The Bertz CT molecular complexity index is 1060. The zero-order valence-corrected chi connectivity index (χ0v) is 16.1. The van der Waals surface area contributed by atoms with Gasteiger partial charge in [0, 0.05) is 42.4 Å². The third kappa shape index (κ3) is 3.96. The van der Waals surface area contributed by atoms with Gasteiger partial charge in [0.2, 0.25) is 11.6 Å². The van der Waals surface area contributed by atoms with E-state index < -0.39 is 28.7 Å². The van der Waals surface area contributed by atoms with Crippen LogP contribution in [-0.2, 0) is 11.8 Å². The van der Waals surface area contributed by atoms with E-state index in [1.807, 2.05) is 0 Å². The lowest BCUT2D eigenvalue weighted by atomic mass is 9.96. The molecular formula is C21H20FN3O4. The number of carbonyl (C=O) groups is 3. The van der Waals surface area contributed by atoms with Gasteiger partial charge in [0.1, 0.15) is 17.6 Å². The molecule has 1 saturated carbocycles. The van der Waals surface area contributed by atoms with Crippen molar-refractivity contribution in [3.8, 4) is 6.07 Å². The number of aromatic nitrogens is 1. The molecule has 0 spiro atoms. The van der Waals surface area contributed by atoms with Gasteiger partial charge in [0.05, 0.1) is 5.56 Å². The van der Waals surface area contributed by atoms with E-state index in [0.717, 1.165) is 6.07 Å². The first-order chi connectivity index (χ1) is 13.7. The maximum atomic E-state index is 13.4. The summed E-state index contributed by atoms with van der Waals surface area (Å²) in [4.78, 5) is 37.6. The Kier molecular flexibility index (Phi) is 5.36. The van der Waals surface area contributed by atoms with Crippen molar-refractivity contribution in [1.29, 1.82) is 5.26 Å². The molecule has 0 aliphatic heterocycles. The van der Waals surface area contributed by atoms with Crippen LogP contribution in [0.25, 0.3) is 0 Å². The van der Waals surface area contributed by atoms with E-state index in [1.165, 1.54) is 22.8 Å². The molecular weight excluding hydrogens is 377 g/mol. The summed E-state index contributed by atoms with van der Waals surface area (Å²) in [5.41, 5.74) is 0.285. The minimum atomic E-state index is -0.692. The maximum absolute atomic E-state index is 13.4. The van der Waals surface area contributed by atoms with E-state index in [-0.39, 0.29) is 35.5 Å². The summed E-state index contributed by atoms with van der Waals surface area (Å²) in [6.07, 6.45) is 1.42. The number of amides is 1. The van der Waals surface area contributed by atoms with Gasteiger partial charge < -0.3 is 15.0 Å². The standard InChI is InChI=1S/C21H20FN3O4/c1-12-15(19(28)18(27)9-21(11-26)5-6-21)8-17(25(12)2)20(29)24-14-3-4-16(22)13(7-14)10-23/h3-4,7-8,26H,5-6,9,11H2,1-2H3,(H,24,29). The third-order valence-electron chi connectivity index (χ3n) is 5.44. The molecule has 0 atom stereocenters. The largest absolute Gasteiger partial charge is 0.396 e. The maximum Gasteiger partial charge on any atom is 0.272 e. The lowest BCUT2D eigenvalue weighted by molar-refractivity contribution is -0.116. The number of hydrogen-bond acceptors (Lipinski definition) is 5. The van der Waals surface area contributed by atoms with Crippen LogP contribution in [0.4, 0.5) is 10.1 Å². The van der Waals surface area contributed by atoms with Crippen LogP contribution in [0.15, 0.2) is 24.3 Å². The molecule has 0 saturated heterocycles. The number of halogens is 1. The zero-order valence-electron chi connectivity index (χ0n) is 16.1. The van der Waals surface area contributed by atoms with Gasteiger partial charge in [-0.1, -0.05) is 0 Å². The minimum absolute atomic E-state index is 0.00921. The Labute approximate surface area is 166 Å². The number of rotatable bonds is 7. The minimum Gasteiger partial charge on any atom is -0.396 e. The Hall–Kier alpha value is -3.31. The first-order valence-electron chi connectivity index (χ1n) is 9.07. The van der Waals surface area contributed by atoms with Crippen LogP contribution in [0.3, 0.4) is 0 Å². The summed E-state index contributed by atoms with van der Waals surface area (Å²) in [5.74, 6) is -2.53. The van der Waals surface area contributed by atoms with Gasteiger partial charge in [0.25, 0.3) is 5.91 Å².